The first-order valence-corrected chi connectivity index (χ1v) is 9.46. The predicted octanol–water partition coefficient (Wildman–Crippen LogP) is 3.56. The summed E-state index contributed by atoms with van der Waals surface area (Å²) in [6.07, 6.45) is 8.67. The summed E-state index contributed by atoms with van der Waals surface area (Å²) in [5, 5.41) is 4.00. The summed E-state index contributed by atoms with van der Waals surface area (Å²) < 4.78 is 23.7. The van der Waals surface area contributed by atoms with Crippen molar-refractivity contribution >= 4 is 21.4 Å². The van der Waals surface area contributed by atoms with Gasteiger partial charge in [0.2, 0.25) is 0 Å². The Kier molecular flexibility index (Phi) is 5.47. The van der Waals surface area contributed by atoms with E-state index in [0.29, 0.717) is 28.1 Å². The monoisotopic (exact) mass is 315 g/mol. The summed E-state index contributed by atoms with van der Waals surface area (Å²) in [7, 11) is -3.24. The quantitative estimate of drug-likeness (QED) is 0.864. The lowest BCUT2D eigenvalue weighted by Crippen LogP contribution is -2.28. The lowest BCUT2D eigenvalue weighted by molar-refractivity contribution is 0.457. The van der Waals surface area contributed by atoms with Gasteiger partial charge >= 0.3 is 0 Å². The first-order chi connectivity index (χ1) is 9.48. The van der Waals surface area contributed by atoms with Crippen LogP contribution in [0.15, 0.2) is 23.1 Å². The first kappa shape index (κ1) is 15.8. The Balaban J connectivity index is 2.12. The number of sulfone groups is 1. The SMILES string of the molecule is CS(=O)(=O)c1cccc(Cl)c1CNC1CCCCCC1. The molecule has 1 saturated carbocycles. The molecule has 112 valence electrons. The van der Waals surface area contributed by atoms with E-state index in [1.807, 2.05) is 0 Å². The molecule has 0 amide bonds. The summed E-state index contributed by atoms with van der Waals surface area (Å²) in [6.45, 7) is 0.521. The van der Waals surface area contributed by atoms with Crippen molar-refractivity contribution in [2.75, 3.05) is 6.26 Å². The maximum atomic E-state index is 11.8. The van der Waals surface area contributed by atoms with E-state index in [1.54, 1.807) is 18.2 Å². The zero-order chi connectivity index (χ0) is 14.6. The minimum Gasteiger partial charge on any atom is -0.310 e. The molecule has 0 radical (unpaired) electrons. The topological polar surface area (TPSA) is 46.2 Å². The van der Waals surface area contributed by atoms with Crippen LogP contribution >= 0.6 is 11.6 Å². The first-order valence-electron chi connectivity index (χ1n) is 7.19. The number of nitrogens with one attached hydrogen (secondary N) is 1. The van der Waals surface area contributed by atoms with Crippen molar-refractivity contribution in [1.82, 2.24) is 5.32 Å². The largest absolute Gasteiger partial charge is 0.310 e. The summed E-state index contributed by atoms with van der Waals surface area (Å²) in [6, 6.07) is 5.54. The Hall–Kier alpha value is -0.580. The molecule has 0 heterocycles. The van der Waals surface area contributed by atoms with Gasteiger partial charge in [0, 0.05) is 29.4 Å². The van der Waals surface area contributed by atoms with Crippen molar-refractivity contribution in [2.24, 2.45) is 0 Å². The third kappa shape index (κ3) is 4.21. The van der Waals surface area contributed by atoms with Crippen LogP contribution in [0.3, 0.4) is 0 Å². The molecule has 1 fully saturated rings. The van der Waals surface area contributed by atoms with Gasteiger partial charge < -0.3 is 5.32 Å². The van der Waals surface area contributed by atoms with Crippen LogP contribution in [0.2, 0.25) is 5.02 Å². The second kappa shape index (κ2) is 6.92. The smallest absolute Gasteiger partial charge is 0.175 e. The van der Waals surface area contributed by atoms with Crippen LogP contribution in [-0.2, 0) is 16.4 Å². The fraction of sp³-hybridized carbons (Fsp3) is 0.600. The number of rotatable bonds is 4. The van der Waals surface area contributed by atoms with Crippen molar-refractivity contribution in [3.63, 3.8) is 0 Å². The van der Waals surface area contributed by atoms with Gasteiger partial charge in [-0.2, -0.15) is 0 Å². The standard InChI is InChI=1S/C15H22ClNO2S/c1-20(18,19)15-10-6-9-14(16)13(15)11-17-12-7-4-2-3-5-8-12/h6,9-10,12,17H,2-5,7-8,11H2,1H3. The van der Waals surface area contributed by atoms with Crippen molar-refractivity contribution in [3.05, 3.63) is 28.8 Å². The van der Waals surface area contributed by atoms with Crippen molar-refractivity contribution < 1.29 is 8.42 Å². The molecule has 0 unspecified atom stereocenters. The van der Waals surface area contributed by atoms with E-state index in [9.17, 15) is 8.42 Å². The van der Waals surface area contributed by atoms with E-state index in [0.717, 1.165) is 0 Å². The number of hydrogen-bond acceptors (Lipinski definition) is 3. The number of hydrogen-bond donors (Lipinski definition) is 1. The van der Waals surface area contributed by atoms with E-state index in [4.69, 9.17) is 11.6 Å². The Morgan fingerprint density at radius 1 is 1.20 bits per heavy atom. The van der Waals surface area contributed by atoms with Gasteiger partial charge in [-0.05, 0) is 25.0 Å². The molecule has 5 heteroatoms. The summed E-state index contributed by atoms with van der Waals surface area (Å²) in [5.74, 6) is 0. The molecular weight excluding hydrogens is 294 g/mol. The Morgan fingerprint density at radius 2 is 1.85 bits per heavy atom. The second-order valence-corrected chi connectivity index (χ2v) is 7.95. The van der Waals surface area contributed by atoms with E-state index in [2.05, 4.69) is 5.32 Å². The fourth-order valence-electron chi connectivity index (χ4n) is 2.79. The van der Waals surface area contributed by atoms with E-state index < -0.39 is 9.84 Å². The Labute approximate surface area is 126 Å². The van der Waals surface area contributed by atoms with E-state index in [1.165, 1.54) is 44.8 Å². The summed E-state index contributed by atoms with van der Waals surface area (Å²) in [4.78, 5) is 0.339. The van der Waals surface area contributed by atoms with Gasteiger partial charge in [0.15, 0.2) is 9.84 Å². The molecule has 1 aromatic carbocycles. The third-order valence-electron chi connectivity index (χ3n) is 3.90. The van der Waals surface area contributed by atoms with Crippen LogP contribution < -0.4 is 5.32 Å². The van der Waals surface area contributed by atoms with Gasteiger partial charge in [-0.1, -0.05) is 43.4 Å². The molecule has 0 spiro atoms. The molecule has 0 aliphatic heterocycles. The minimum absolute atomic E-state index is 0.339. The maximum Gasteiger partial charge on any atom is 0.175 e. The minimum atomic E-state index is -3.24. The van der Waals surface area contributed by atoms with Crippen molar-refractivity contribution in [1.29, 1.82) is 0 Å². The van der Waals surface area contributed by atoms with Crippen LogP contribution in [0.1, 0.15) is 44.1 Å². The molecule has 1 aromatic rings. The molecule has 0 bridgehead atoms. The van der Waals surface area contributed by atoms with E-state index in [-0.39, 0.29) is 0 Å². The molecule has 0 aromatic heterocycles. The summed E-state index contributed by atoms with van der Waals surface area (Å²) >= 11 is 6.18. The van der Waals surface area contributed by atoms with Crippen molar-refractivity contribution in [3.8, 4) is 0 Å². The second-order valence-electron chi connectivity index (χ2n) is 5.56. The van der Waals surface area contributed by atoms with Gasteiger partial charge in [0.25, 0.3) is 0 Å². The highest BCUT2D eigenvalue weighted by Gasteiger charge is 2.17. The molecule has 0 saturated heterocycles. The lowest BCUT2D eigenvalue weighted by atomic mass is 10.1. The molecule has 1 aliphatic rings. The predicted molar refractivity (Wildman–Crippen MR) is 82.9 cm³/mol. The van der Waals surface area contributed by atoms with Gasteiger partial charge in [-0.15, -0.1) is 0 Å². The molecule has 1 N–H and O–H groups in total. The normalized spacial score (nSPS) is 17.9. The average Bonchev–Trinajstić information content (AvgIpc) is 2.64. The molecule has 0 atom stereocenters. The van der Waals surface area contributed by atoms with Gasteiger partial charge in [-0.3, -0.25) is 0 Å². The zero-order valence-corrected chi connectivity index (χ0v) is 13.4. The third-order valence-corrected chi connectivity index (χ3v) is 5.43. The molecule has 2 rings (SSSR count). The van der Waals surface area contributed by atoms with Crippen LogP contribution in [0.4, 0.5) is 0 Å². The molecule has 3 nitrogen and oxygen atoms in total. The molecular formula is C15H22ClNO2S. The van der Waals surface area contributed by atoms with Gasteiger partial charge in [0.1, 0.15) is 0 Å². The van der Waals surface area contributed by atoms with Crippen LogP contribution in [0, 0.1) is 0 Å². The fourth-order valence-corrected chi connectivity index (χ4v) is 4.04. The highest BCUT2D eigenvalue weighted by molar-refractivity contribution is 7.90. The van der Waals surface area contributed by atoms with Crippen LogP contribution in [-0.4, -0.2) is 20.7 Å². The van der Waals surface area contributed by atoms with Gasteiger partial charge in [0.05, 0.1) is 4.90 Å². The van der Waals surface area contributed by atoms with Gasteiger partial charge in [-0.25, -0.2) is 8.42 Å². The highest BCUT2D eigenvalue weighted by Crippen LogP contribution is 2.25. The Bertz CT molecular complexity index is 549. The highest BCUT2D eigenvalue weighted by atomic mass is 35.5. The summed E-state index contributed by atoms with van der Waals surface area (Å²) in [5.41, 5.74) is 0.695. The lowest BCUT2D eigenvalue weighted by Gasteiger charge is -2.18. The Morgan fingerprint density at radius 3 is 2.45 bits per heavy atom. The average molecular weight is 316 g/mol. The van der Waals surface area contributed by atoms with Crippen molar-refractivity contribution in [2.45, 2.75) is 56.0 Å². The molecule has 20 heavy (non-hydrogen) atoms. The number of halogens is 1. The van der Waals surface area contributed by atoms with E-state index >= 15 is 0 Å². The van der Waals surface area contributed by atoms with Crippen LogP contribution in [0.5, 0.6) is 0 Å². The zero-order valence-electron chi connectivity index (χ0n) is 11.9. The number of benzene rings is 1. The maximum absolute atomic E-state index is 11.8. The van der Waals surface area contributed by atoms with Crippen LogP contribution in [0.25, 0.3) is 0 Å². The molecule has 1 aliphatic carbocycles.